The second-order valence-corrected chi connectivity index (χ2v) is 4.30. The van der Waals surface area contributed by atoms with E-state index in [4.69, 9.17) is 5.73 Å². The van der Waals surface area contributed by atoms with Gasteiger partial charge in [-0.3, -0.25) is 0 Å². The molecule has 1 aromatic rings. The van der Waals surface area contributed by atoms with Crippen molar-refractivity contribution >= 4 is 34.0 Å². The molecule has 0 fully saturated rings. The summed E-state index contributed by atoms with van der Waals surface area (Å²) in [7, 11) is 3.41. The molecule has 1 aromatic heterocycles. The topological polar surface area (TPSA) is 38.9 Å². The van der Waals surface area contributed by atoms with Gasteiger partial charge in [0.2, 0.25) is 0 Å². The third-order valence-electron chi connectivity index (χ3n) is 0.983. The molecule has 0 aromatic carbocycles. The number of halogens is 1. The summed E-state index contributed by atoms with van der Waals surface area (Å²) in [6.45, 7) is 0.727. The van der Waals surface area contributed by atoms with Crippen LogP contribution in [0.5, 0.6) is 0 Å². The van der Waals surface area contributed by atoms with Crippen molar-refractivity contribution in [2.75, 3.05) is 12.3 Å². The molecule has 0 bridgehead atoms. The standard InChI is InChI=1S/C7H10N2S2.ClH/c8-4-6-10-11-7-3-1-2-5-9-7;/h1-3,5H,4,6,8H2;1H. The monoisotopic (exact) mass is 222 g/mol. The maximum atomic E-state index is 5.34. The molecule has 0 aliphatic rings. The van der Waals surface area contributed by atoms with Crippen LogP contribution in [0.3, 0.4) is 0 Å². The lowest BCUT2D eigenvalue weighted by molar-refractivity contribution is 1.14. The summed E-state index contributed by atoms with van der Waals surface area (Å²) in [5, 5.41) is 1.05. The molecule has 0 unspecified atom stereocenters. The molecule has 0 spiro atoms. The zero-order chi connectivity index (χ0) is 7.94. The highest BCUT2D eigenvalue weighted by Crippen LogP contribution is 2.27. The molecule has 0 aliphatic heterocycles. The number of nitrogens with zero attached hydrogens (tertiary/aromatic N) is 1. The molecule has 5 heteroatoms. The fraction of sp³-hybridized carbons (Fsp3) is 0.286. The average Bonchev–Trinajstić information content (AvgIpc) is 2.07. The third-order valence-corrected chi connectivity index (χ3v) is 3.28. The number of nitrogens with two attached hydrogens (primary N) is 1. The average molecular weight is 223 g/mol. The van der Waals surface area contributed by atoms with E-state index in [0.717, 1.165) is 17.3 Å². The van der Waals surface area contributed by atoms with Crippen molar-refractivity contribution in [1.29, 1.82) is 0 Å². The lowest BCUT2D eigenvalue weighted by atomic mass is 10.5. The van der Waals surface area contributed by atoms with Crippen molar-refractivity contribution < 1.29 is 0 Å². The SMILES string of the molecule is Cl.NCCSSc1ccccn1. The Kier molecular flexibility index (Phi) is 7.80. The molecule has 0 saturated carbocycles. The molecule has 0 amide bonds. The van der Waals surface area contributed by atoms with E-state index >= 15 is 0 Å². The van der Waals surface area contributed by atoms with Gasteiger partial charge in [0.1, 0.15) is 5.03 Å². The molecule has 0 radical (unpaired) electrons. The Bertz CT molecular complexity index is 196. The summed E-state index contributed by atoms with van der Waals surface area (Å²) in [6, 6.07) is 5.89. The third kappa shape index (κ3) is 4.87. The minimum atomic E-state index is 0. The quantitative estimate of drug-likeness (QED) is 0.626. The highest BCUT2D eigenvalue weighted by Gasteiger charge is 1.92. The summed E-state index contributed by atoms with van der Waals surface area (Å²) < 4.78 is 0. The summed E-state index contributed by atoms with van der Waals surface area (Å²) >= 11 is 0. The van der Waals surface area contributed by atoms with E-state index in [2.05, 4.69) is 4.98 Å². The largest absolute Gasteiger partial charge is 0.330 e. The van der Waals surface area contributed by atoms with E-state index in [1.165, 1.54) is 0 Å². The zero-order valence-electron chi connectivity index (χ0n) is 6.47. The van der Waals surface area contributed by atoms with Gasteiger partial charge in [0.05, 0.1) is 0 Å². The molecule has 0 saturated heterocycles. The molecule has 1 rings (SSSR count). The highest BCUT2D eigenvalue weighted by atomic mass is 35.5. The van der Waals surface area contributed by atoms with Gasteiger partial charge < -0.3 is 5.73 Å². The first-order valence-corrected chi connectivity index (χ1v) is 5.66. The van der Waals surface area contributed by atoms with Gasteiger partial charge in [-0.25, -0.2) is 4.98 Å². The molecule has 12 heavy (non-hydrogen) atoms. The summed E-state index contributed by atoms with van der Waals surface area (Å²) in [6.07, 6.45) is 1.80. The van der Waals surface area contributed by atoms with Gasteiger partial charge in [-0.15, -0.1) is 12.4 Å². The fourth-order valence-corrected chi connectivity index (χ4v) is 2.28. The van der Waals surface area contributed by atoms with Crippen molar-refractivity contribution in [3.05, 3.63) is 24.4 Å². The Hall–Kier alpha value is 0.1000. The molecule has 68 valence electrons. The van der Waals surface area contributed by atoms with E-state index < -0.39 is 0 Å². The van der Waals surface area contributed by atoms with Crippen LogP contribution in [0.25, 0.3) is 0 Å². The molecule has 2 nitrogen and oxygen atoms in total. The first-order valence-electron chi connectivity index (χ1n) is 3.34. The molecular weight excluding hydrogens is 212 g/mol. The zero-order valence-corrected chi connectivity index (χ0v) is 8.92. The smallest absolute Gasteiger partial charge is 0.106 e. The molecule has 1 heterocycles. The van der Waals surface area contributed by atoms with Gasteiger partial charge in [-0.1, -0.05) is 16.9 Å². The van der Waals surface area contributed by atoms with Crippen molar-refractivity contribution in [3.8, 4) is 0 Å². The predicted molar refractivity (Wildman–Crippen MR) is 58.9 cm³/mol. The van der Waals surface area contributed by atoms with Gasteiger partial charge in [0, 0.05) is 18.5 Å². The van der Waals surface area contributed by atoms with Crippen LogP contribution in [0.15, 0.2) is 29.4 Å². The lowest BCUT2D eigenvalue weighted by Crippen LogP contribution is -1.99. The Labute approximate surface area is 86.5 Å². The Balaban J connectivity index is 0.00000121. The Morgan fingerprint density at radius 3 is 2.83 bits per heavy atom. The van der Waals surface area contributed by atoms with Crippen LogP contribution in [-0.2, 0) is 0 Å². The molecule has 0 atom stereocenters. The Morgan fingerprint density at radius 2 is 2.25 bits per heavy atom. The van der Waals surface area contributed by atoms with Gasteiger partial charge in [0.15, 0.2) is 0 Å². The second-order valence-electron chi connectivity index (χ2n) is 1.86. The van der Waals surface area contributed by atoms with Crippen molar-refractivity contribution in [2.45, 2.75) is 5.03 Å². The number of pyridine rings is 1. The summed E-state index contributed by atoms with van der Waals surface area (Å²) in [4.78, 5) is 4.15. The van der Waals surface area contributed by atoms with E-state index in [-0.39, 0.29) is 12.4 Å². The first kappa shape index (κ1) is 12.1. The number of rotatable bonds is 4. The number of hydrogen-bond donors (Lipinski definition) is 1. The van der Waals surface area contributed by atoms with Crippen LogP contribution in [0.1, 0.15) is 0 Å². The van der Waals surface area contributed by atoms with E-state index in [1.807, 2.05) is 18.2 Å². The van der Waals surface area contributed by atoms with Crippen LogP contribution in [0, 0.1) is 0 Å². The van der Waals surface area contributed by atoms with Gasteiger partial charge in [-0.05, 0) is 22.9 Å². The van der Waals surface area contributed by atoms with Gasteiger partial charge in [-0.2, -0.15) is 0 Å². The fourth-order valence-electron chi connectivity index (χ4n) is 0.547. The molecule has 0 aliphatic carbocycles. The highest BCUT2D eigenvalue weighted by molar-refractivity contribution is 8.76. The minimum Gasteiger partial charge on any atom is -0.330 e. The van der Waals surface area contributed by atoms with E-state index in [0.29, 0.717) is 0 Å². The maximum absolute atomic E-state index is 5.34. The van der Waals surface area contributed by atoms with Crippen LogP contribution >= 0.6 is 34.0 Å². The van der Waals surface area contributed by atoms with E-state index in [9.17, 15) is 0 Å². The van der Waals surface area contributed by atoms with Gasteiger partial charge >= 0.3 is 0 Å². The number of aromatic nitrogens is 1. The van der Waals surface area contributed by atoms with Gasteiger partial charge in [0.25, 0.3) is 0 Å². The van der Waals surface area contributed by atoms with Crippen molar-refractivity contribution in [2.24, 2.45) is 5.73 Å². The minimum absolute atomic E-state index is 0. The second kappa shape index (κ2) is 7.73. The van der Waals surface area contributed by atoms with Crippen LogP contribution in [-0.4, -0.2) is 17.3 Å². The van der Waals surface area contributed by atoms with Crippen molar-refractivity contribution in [3.63, 3.8) is 0 Å². The molecule has 2 N–H and O–H groups in total. The number of hydrogen-bond acceptors (Lipinski definition) is 4. The predicted octanol–water partition coefficient (Wildman–Crippen LogP) is 2.20. The van der Waals surface area contributed by atoms with E-state index in [1.54, 1.807) is 27.8 Å². The Morgan fingerprint density at radius 1 is 1.42 bits per heavy atom. The normalized spacial score (nSPS) is 9.08. The molecular formula is C7H11ClN2S2. The maximum Gasteiger partial charge on any atom is 0.106 e. The lowest BCUT2D eigenvalue weighted by Gasteiger charge is -1.96. The van der Waals surface area contributed by atoms with Crippen LogP contribution in [0.4, 0.5) is 0 Å². The summed E-state index contributed by atoms with van der Waals surface area (Å²) in [5.41, 5.74) is 5.34. The van der Waals surface area contributed by atoms with Crippen LogP contribution < -0.4 is 5.73 Å². The first-order chi connectivity index (χ1) is 5.43. The van der Waals surface area contributed by atoms with Crippen molar-refractivity contribution in [1.82, 2.24) is 4.98 Å². The summed E-state index contributed by atoms with van der Waals surface area (Å²) in [5.74, 6) is 0.973. The van der Waals surface area contributed by atoms with Crippen LogP contribution in [0.2, 0.25) is 0 Å².